The molecule has 2 nitrogen and oxygen atoms in total. The molecule has 1 aliphatic rings. The topological polar surface area (TPSA) is 35.2 Å². The van der Waals surface area contributed by atoms with E-state index in [0.29, 0.717) is 5.92 Å². The van der Waals surface area contributed by atoms with E-state index < -0.39 is 0 Å². The van der Waals surface area contributed by atoms with Crippen LogP contribution in [0.5, 0.6) is 0 Å². The molecular weight excluding hydrogens is 102 g/mol. The van der Waals surface area contributed by atoms with Gasteiger partial charge in [-0.15, -0.1) is 0 Å². The molecule has 0 spiro atoms. The van der Waals surface area contributed by atoms with E-state index in [-0.39, 0.29) is 0 Å². The molecule has 0 aromatic carbocycles. The number of hydrogen-bond donors (Lipinski definition) is 1. The zero-order valence-corrected chi connectivity index (χ0v) is 5.26. The van der Waals surface area contributed by atoms with Crippen LogP contribution in [0.2, 0.25) is 0 Å². The van der Waals surface area contributed by atoms with Crippen LogP contribution in [0.1, 0.15) is 6.92 Å². The molecule has 0 amide bonds. The fraction of sp³-hybridized carbons (Fsp3) is 1.00. The lowest BCUT2D eigenvalue weighted by Gasteiger charge is -2.30. The van der Waals surface area contributed by atoms with Gasteiger partial charge in [0.1, 0.15) is 0 Å². The Kier molecular flexibility index (Phi) is 1.86. The van der Waals surface area contributed by atoms with Gasteiger partial charge in [0.15, 0.2) is 0 Å². The zero-order valence-electron chi connectivity index (χ0n) is 5.26. The van der Waals surface area contributed by atoms with Crippen molar-refractivity contribution in [3.63, 3.8) is 0 Å². The number of nitrogens with two attached hydrogens (primary N) is 1. The van der Waals surface area contributed by atoms with Crippen LogP contribution in [0.3, 0.4) is 0 Å². The highest BCUT2D eigenvalue weighted by molar-refractivity contribution is 4.71. The molecule has 0 aromatic rings. The van der Waals surface area contributed by atoms with E-state index in [1.807, 2.05) is 0 Å². The second-order valence-corrected chi connectivity index (χ2v) is 2.51. The first-order chi connectivity index (χ1) is 3.84. The lowest BCUT2D eigenvalue weighted by Crippen LogP contribution is -2.36. The standard InChI is InChI=1S/C6H13NO/c1-5(2-7)6-3-8-4-6/h5-6H,2-4,7H2,1H3/t5-/m1/s1. The molecule has 48 valence electrons. The van der Waals surface area contributed by atoms with Crippen LogP contribution in [0, 0.1) is 11.8 Å². The Bertz CT molecular complexity index is 68.2. The van der Waals surface area contributed by atoms with E-state index >= 15 is 0 Å². The molecule has 1 fully saturated rings. The van der Waals surface area contributed by atoms with Gasteiger partial charge in [0.2, 0.25) is 0 Å². The van der Waals surface area contributed by atoms with E-state index in [9.17, 15) is 0 Å². The van der Waals surface area contributed by atoms with Gasteiger partial charge < -0.3 is 10.5 Å². The first-order valence-corrected chi connectivity index (χ1v) is 3.12. The highest BCUT2D eigenvalue weighted by Gasteiger charge is 2.23. The Balaban J connectivity index is 2.13. The monoisotopic (exact) mass is 115 g/mol. The van der Waals surface area contributed by atoms with Crippen LogP contribution >= 0.6 is 0 Å². The van der Waals surface area contributed by atoms with E-state index in [2.05, 4.69) is 6.92 Å². The van der Waals surface area contributed by atoms with Crippen LogP contribution in [-0.2, 0) is 4.74 Å². The minimum atomic E-state index is 0.656. The Morgan fingerprint density at radius 1 is 1.75 bits per heavy atom. The molecule has 1 aliphatic heterocycles. The SMILES string of the molecule is C[C@H](CN)C1COC1. The Hall–Kier alpha value is -0.0800. The van der Waals surface area contributed by atoms with Crippen molar-refractivity contribution in [3.8, 4) is 0 Å². The quantitative estimate of drug-likeness (QED) is 0.559. The largest absolute Gasteiger partial charge is 0.381 e. The summed E-state index contributed by atoms with van der Waals surface area (Å²) in [6, 6.07) is 0. The second-order valence-electron chi connectivity index (χ2n) is 2.51. The van der Waals surface area contributed by atoms with Gasteiger partial charge in [-0.05, 0) is 12.5 Å². The summed E-state index contributed by atoms with van der Waals surface area (Å²) in [6.07, 6.45) is 0. The summed E-state index contributed by atoms with van der Waals surface area (Å²) in [5.74, 6) is 1.41. The van der Waals surface area contributed by atoms with Crippen molar-refractivity contribution in [1.82, 2.24) is 0 Å². The van der Waals surface area contributed by atoms with Crippen LogP contribution in [-0.4, -0.2) is 19.8 Å². The Labute approximate surface area is 50.0 Å². The minimum Gasteiger partial charge on any atom is -0.381 e. The summed E-state index contributed by atoms with van der Waals surface area (Å²) in [7, 11) is 0. The lowest BCUT2D eigenvalue weighted by atomic mass is 9.93. The van der Waals surface area contributed by atoms with E-state index in [1.54, 1.807) is 0 Å². The van der Waals surface area contributed by atoms with Crippen LogP contribution in [0.25, 0.3) is 0 Å². The summed E-state index contributed by atoms with van der Waals surface area (Å²) < 4.78 is 5.00. The maximum absolute atomic E-state index is 5.43. The van der Waals surface area contributed by atoms with Crippen LogP contribution in [0.4, 0.5) is 0 Å². The average molecular weight is 115 g/mol. The predicted octanol–water partition coefficient (Wildman–Crippen LogP) is 0.228. The smallest absolute Gasteiger partial charge is 0.0519 e. The van der Waals surface area contributed by atoms with Crippen molar-refractivity contribution in [2.75, 3.05) is 19.8 Å². The molecule has 2 N–H and O–H groups in total. The average Bonchev–Trinajstić information content (AvgIpc) is 1.62. The summed E-state index contributed by atoms with van der Waals surface area (Å²) >= 11 is 0. The summed E-state index contributed by atoms with van der Waals surface area (Å²) in [5, 5.41) is 0. The highest BCUT2D eigenvalue weighted by Crippen LogP contribution is 2.18. The summed E-state index contributed by atoms with van der Waals surface area (Å²) in [4.78, 5) is 0. The third-order valence-corrected chi connectivity index (χ3v) is 1.84. The fourth-order valence-corrected chi connectivity index (χ4v) is 0.775. The maximum Gasteiger partial charge on any atom is 0.0519 e. The van der Waals surface area contributed by atoms with Crippen molar-refractivity contribution in [2.45, 2.75) is 6.92 Å². The van der Waals surface area contributed by atoms with E-state index in [1.165, 1.54) is 0 Å². The molecule has 1 saturated heterocycles. The van der Waals surface area contributed by atoms with Crippen molar-refractivity contribution in [2.24, 2.45) is 17.6 Å². The van der Waals surface area contributed by atoms with Gasteiger partial charge >= 0.3 is 0 Å². The van der Waals surface area contributed by atoms with Gasteiger partial charge in [0.25, 0.3) is 0 Å². The third kappa shape index (κ3) is 1.01. The molecule has 0 aliphatic carbocycles. The summed E-state index contributed by atoms with van der Waals surface area (Å²) in [5.41, 5.74) is 5.43. The van der Waals surface area contributed by atoms with Crippen LogP contribution in [0.15, 0.2) is 0 Å². The molecule has 1 heterocycles. The lowest BCUT2D eigenvalue weighted by molar-refractivity contribution is -0.0551. The van der Waals surface area contributed by atoms with E-state index in [0.717, 1.165) is 25.7 Å². The van der Waals surface area contributed by atoms with Gasteiger partial charge in [-0.1, -0.05) is 6.92 Å². The first kappa shape index (κ1) is 6.05. The third-order valence-electron chi connectivity index (χ3n) is 1.84. The molecule has 0 radical (unpaired) electrons. The fourth-order valence-electron chi connectivity index (χ4n) is 0.775. The number of ether oxygens (including phenoxy) is 1. The predicted molar refractivity (Wildman–Crippen MR) is 32.5 cm³/mol. The van der Waals surface area contributed by atoms with E-state index in [4.69, 9.17) is 10.5 Å². The van der Waals surface area contributed by atoms with Crippen molar-refractivity contribution < 1.29 is 4.74 Å². The van der Waals surface area contributed by atoms with Crippen LogP contribution < -0.4 is 5.73 Å². The maximum atomic E-state index is 5.43. The Morgan fingerprint density at radius 3 is 2.50 bits per heavy atom. The molecule has 8 heavy (non-hydrogen) atoms. The number of hydrogen-bond acceptors (Lipinski definition) is 2. The molecule has 0 aromatic heterocycles. The zero-order chi connectivity index (χ0) is 5.98. The molecule has 0 unspecified atom stereocenters. The molecule has 2 heteroatoms. The van der Waals surface area contributed by atoms with Crippen molar-refractivity contribution in [3.05, 3.63) is 0 Å². The first-order valence-electron chi connectivity index (χ1n) is 3.12. The van der Waals surface area contributed by atoms with Crippen molar-refractivity contribution >= 4 is 0 Å². The van der Waals surface area contributed by atoms with Gasteiger partial charge in [0, 0.05) is 5.92 Å². The van der Waals surface area contributed by atoms with Gasteiger partial charge in [-0.25, -0.2) is 0 Å². The van der Waals surface area contributed by atoms with Crippen molar-refractivity contribution in [1.29, 1.82) is 0 Å². The highest BCUT2D eigenvalue weighted by atomic mass is 16.5. The normalized spacial score (nSPS) is 24.8. The van der Waals surface area contributed by atoms with Gasteiger partial charge in [-0.2, -0.15) is 0 Å². The van der Waals surface area contributed by atoms with Gasteiger partial charge in [0.05, 0.1) is 13.2 Å². The molecule has 0 bridgehead atoms. The molecule has 1 atom stereocenters. The summed E-state index contributed by atoms with van der Waals surface area (Å²) in [6.45, 7) is 4.83. The van der Waals surface area contributed by atoms with Gasteiger partial charge in [-0.3, -0.25) is 0 Å². The minimum absolute atomic E-state index is 0.656. The number of rotatable bonds is 2. The molecule has 0 saturated carbocycles. The molecule has 1 rings (SSSR count). The Morgan fingerprint density at radius 2 is 2.38 bits per heavy atom. The second kappa shape index (κ2) is 2.46. The molecular formula is C6H13NO.